The highest BCUT2D eigenvalue weighted by atomic mass is 35.5. The lowest BCUT2D eigenvalue weighted by Gasteiger charge is -2.11. The molecule has 0 aliphatic carbocycles. The first-order chi connectivity index (χ1) is 8.09. The van der Waals surface area contributed by atoms with Crippen molar-refractivity contribution in [2.75, 3.05) is 5.32 Å². The second kappa shape index (κ2) is 4.90. The van der Waals surface area contributed by atoms with Crippen LogP contribution in [0.4, 0.5) is 11.5 Å². The Morgan fingerprint density at radius 2 is 1.71 bits per heavy atom. The molecule has 0 saturated heterocycles. The van der Waals surface area contributed by atoms with Gasteiger partial charge in [-0.1, -0.05) is 35.3 Å². The zero-order valence-electron chi connectivity index (χ0n) is 9.46. The summed E-state index contributed by atoms with van der Waals surface area (Å²) >= 11 is 12.0. The third-order valence-corrected chi connectivity index (χ3v) is 3.28. The Hall–Kier alpha value is -1.32. The van der Waals surface area contributed by atoms with Crippen LogP contribution in [0.25, 0.3) is 0 Å². The number of anilines is 2. The van der Waals surface area contributed by atoms with Gasteiger partial charge in [0.1, 0.15) is 0 Å². The smallest absolute Gasteiger partial charge is 0.156 e. The number of nitrogens with one attached hydrogen (secondary N) is 1. The normalized spacial score (nSPS) is 10.4. The third kappa shape index (κ3) is 2.51. The van der Waals surface area contributed by atoms with Crippen LogP contribution in [0.3, 0.4) is 0 Å². The van der Waals surface area contributed by atoms with E-state index in [-0.39, 0.29) is 0 Å². The molecule has 1 N–H and O–H groups in total. The van der Waals surface area contributed by atoms with Gasteiger partial charge in [-0.15, -0.1) is 10.2 Å². The van der Waals surface area contributed by atoms with Crippen molar-refractivity contribution in [1.29, 1.82) is 0 Å². The maximum absolute atomic E-state index is 6.06. The van der Waals surface area contributed by atoms with E-state index in [1.54, 1.807) is 0 Å². The molecule has 0 aliphatic rings. The van der Waals surface area contributed by atoms with Crippen molar-refractivity contribution in [3.05, 3.63) is 45.6 Å². The molecule has 2 rings (SSSR count). The molecule has 0 atom stereocenters. The van der Waals surface area contributed by atoms with Gasteiger partial charge in [0.25, 0.3) is 0 Å². The van der Waals surface area contributed by atoms with Crippen LogP contribution >= 0.6 is 23.2 Å². The summed E-state index contributed by atoms with van der Waals surface area (Å²) in [6.07, 6.45) is 0. The van der Waals surface area contributed by atoms with Crippen molar-refractivity contribution < 1.29 is 0 Å². The summed E-state index contributed by atoms with van der Waals surface area (Å²) in [7, 11) is 0. The second-order valence-electron chi connectivity index (χ2n) is 3.69. The maximum Gasteiger partial charge on any atom is 0.156 e. The summed E-state index contributed by atoms with van der Waals surface area (Å²) in [5.41, 5.74) is 2.68. The molecular formula is C12H11Cl2N3. The van der Waals surface area contributed by atoms with Crippen molar-refractivity contribution in [2.24, 2.45) is 0 Å². The molecule has 17 heavy (non-hydrogen) atoms. The van der Waals surface area contributed by atoms with Gasteiger partial charge >= 0.3 is 0 Å². The Morgan fingerprint density at radius 3 is 2.41 bits per heavy atom. The van der Waals surface area contributed by atoms with Crippen LogP contribution in [-0.4, -0.2) is 10.2 Å². The van der Waals surface area contributed by atoms with Crippen LogP contribution in [0.5, 0.6) is 0 Å². The number of benzene rings is 1. The van der Waals surface area contributed by atoms with Gasteiger partial charge in [0.05, 0.1) is 10.7 Å². The summed E-state index contributed by atoms with van der Waals surface area (Å²) in [5.74, 6) is 0.667. The fourth-order valence-corrected chi connectivity index (χ4v) is 1.75. The Bertz CT molecular complexity index is 555. The van der Waals surface area contributed by atoms with Gasteiger partial charge in [-0.2, -0.15) is 0 Å². The van der Waals surface area contributed by atoms with Crippen molar-refractivity contribution in [3.8, 4) is 0 Å². The van der Waals surface area contributed by atoms with Crippen molar-refractivity contribution in [1.82, 2.24) is 10.2 Å². The number of hydrogen-bond acceptors (Lipinski definition) is 3. The highest BCUT2D eigenvalue weighted by Crippen LogP contribution is 2.27. The van der Waals surface area contributed by atoms with Gasteiger partial charge in [-0.3, -0.25) is 0 Å². The van der Waals surface area contributed by atoms with Crippen LogP contribution in [0.2, 0.25) is 10.2 Å². The zero-order valence-corrected chi connectivity index (χ0v) is 11.0. The summed E-state index contributed by atoms with van der Waals surface area (Å²) in [6.45, 7) is 3.85. The molecule has 2 aromatic rings. The SMILES string of the molecule is Cc1c(Cl)nnc(Nc2ccccc2Cl)c1C. The van der Waals surface area contributed by atoms with Crippen LogP contribution < -0.4 is 5.32 Å². The standard InChI is InChI=1S/C12H11Cl2N3/c1-7-8(2)12(17-16-11(7)14)15-10-6-4-3-5-9(10)13/h3-6H,1-2H3,(H,15,17). The van der Waals surface area contributed by atoms with Gasteiger partial charge in [0, 0.05) is 0 Å². The Balaban J connectivity index is 2.38. The minimum Gasteiger partial charge on any atom is -0.337 e. The first-order valence-electron chi connectivity index (χ1n) is 5.10. The molecule has 1 aromatic carbocycles. The minimum atomic E-state index is 0.423. The van der Waals surface area contributed by atoms with Gasteiger partial charge < -0.3 is 5.32 Å². The van der Waals surface area contributed by atoms with E-state index in [9.17, 15) is 0 Å². The Kier molecular flexibility index (Phi) is 3.50. The van der Waals surface area contributed by atoms with E-state index < -0.39 is 0 Å². The average Bonchev–Trinajstić information content (AvgIpc) is 2.32. The highest BCUT2D eigenvalue weighted by molar-refractivity contribution is 6.33. The monoisotopic (exact) mass is 267 g/mol. The van der Waals surface area contributed by atoms with Crippen LogP contribution in [-0.2, 0) is 0 Å². The van der Waals surface area contributed by atoms with E-state index in [4.69, 9.17) is 23.2 Å². The van der Waals surface area contributed by atoms with Gasteiger partial charge in [0.2, 0.25) is 0 Å². The molecule has 0 bridgehead atoms. The molecule has 0 spiro atoms. The van der Waals surface area contributed by atoms with Crippen LogP contribution in [0, 0.1) is 13.8 Å². The lowest BCUT2D eigenvalue weighted by atomic mass is 10.2. The fourth-order valence-electron chi connectivity index (χ4n) is 1.39. The average molecular weight is 268 g/mol. The fraction of sp³-hybridized carbons (Fsp3) is 0.167. The van der Waals surface area contributed by atoms with Crippen LogP contribution in [0.15, 0.2) is 24.3 Å². The molecule has 88 valence electrons. The third-order valence-electron chi connectivity index (χ3n) is 2.59. The molecule has 0 radical (unpaired) electrons. The van der Waals surface area contributed by atoms with E-state index in [2.05, 4.69) is 15.5 Å². The summed E-state index contributed by atoms with van der Waals surface area (Å²) in [5, 5.41) is 12.1. The van der Waals surface area contributed by atoms with Crippen LogP contribution in [0.1, 0.15) is 11.1 Å². The quantitative estimate of drug-likeness (QED) is 0.889. The van der Waals surface area contributed by atoms with E-state index in [0.29, 0.717) is 16.0 Å². The number of hydrogen-bond donors (Lipinski definition) is 1. The first kappa shape index (κ1) is 12.1. The lowest BCUT2D eigenvalue weighted by molar-refractivity contribution is 1.00. The summed E-state index contributed by atoms with van der Waals surface area (Å²) in [4.78, 5) is 0. The van der Waals surface area contributed by atoms with Gasteiger partial charge in [-0.05, 0) is 37.1 Å². The number of nitrogens with zero attached hydrogens (tertiary/aromatic N) is 2. The van der Waals surface area contributed by atoms with Crippen molar-refractivity contribution in [3.63, 3.8) is 0 Å². The number of aromatic nitrogens is 2. The van der Waals surface area contributed by atoms with Gasteiger partial charge in [-0.25, -0.2) is 0 Å². The summed E-state index contributed by atoms with van der Waals surface area (Å²) < 4.78 is 0. The molecule has 0 unspecified atom stereocenters. The van der Waals surface area contributed by atoms with E-state index in [0.717, 1.165) is 16.8 Å². The molecule has 3 nitrogen and oxygen atoms in total. The number of halogens is 2. The highest BCUT2D eigenvalue weighted by Gasteiger charge is 2.09. The molecule has 0 saturated carbocycles. The predicted octanol–water partition coefficient (Wildman–Crippen LogP) is 4.14. The predicted molar refractivity (Wildman–Crippen MR) is 71.3 cm³/mol. The Morgan fingerprint density at radius 1 is 1.00 bits per heavy atom. The minimum absolute atomic E-state index is 0.423. The molecule has 0 fully saturated rings. The molecule has 0 amide bonds. The molecule has 1 heterocycles. The Labute approximate surface area is 110 Å². The van der Waals surface area contributed by atoms with Gasteiger partial charge in [0.15, 0.2) is 11.0 Å². The zero-order chi connectivity index (χ0) is 12.4. The van der Waals surface area contributed by atoms with E-state index in [1.165, 1.54) is 0 Å². The molecule has 5 heteroatoms. The number of rotatable bonds is 2. The summed E-state index contributed by atoms with van der Waals surface area (Å²) in [6, 6.07) is 7.47. The first-order valence-corrected chi connectivity index (χ1v) is 5.86. The van der Waals surface area contributed by atoms with Crippen molar-refractivity contribution in [2.45, 2.75) is 13.8 Å². The molecule has 1 aromatic heterocycles. The number of para-hydroxylation sites is 1. The van der Waals surface area contributed by atoms with E-state index >= 15 is 0 Å². The maximum atomic E-state index is 6.06. The van der Waals surface area contributed by atoms with Crippen molar-refractivity contribution >= 4 is 34.7 Å². The largest absolute Gasteiger partial charge is 0.337 e. The lowest BCUT2D eigenvalue weighted by Crippen LogP contribution is -2.01. The topological polar surface area (TPSA) is 37.8 Å². The molecule has 0 aliphatic heterocycles. The van der Waals surface area contributed by atoms with E-state index in [1.807, 2.05) is 38.1 Å². The second-order valence-corrected chi connectivity index (χ2v) is 4.46. The molecular weight excluding hydrogens is 257 g/mol.